The van der Waals surface area contributed by atoms with Crippen molar-refractivity contribution in [2.24, 2.45) is 0 Å². The minimum absolute atomic E-state index is 0.276. The average molecular weight is 521 g/mol. The second kappa shape index (κ2) is 9.73. The second-order valence-corrected chi connectivity index (χ2v) is 8.76. The number of nitrogens with zero attached hydrogens (tertiary/aromatic N) is 5. The van der Waals surface area contributed by atoms with E-state index in [1.807, 2.05) is 67.6 Å². The van der Waals surface area contributed by atoms with Gasteiger partial charge in [0, 0.05) is 24.2 Å². The van der Waals surface area contributed by atoms with E-state index in [1.54, 1.807) is 11.6 Å². The lowest BCUT2D eigenvalue weighted by Crippen LogP contribution is -2.55. The van der Waals surface area contributed by atoms with E-state index < -0.39 is 41.5 Å². The Labute approximate surface area is 216 Å². The van der Waals surface area contributed by atoms with Crippen LogP contribution in [0.3, 0.4) is 0 Å². The summed E-state index contributed by atoms with van der Waals surface area (Å²) in [6.07, 6.45) is -3.88. The maximum Gasteiger partial charge on any atom is 0.433 e. The molecule has 0 spiro atoms. The molecule has 3 heterocycles. The van der Waals surface area contributed by atoms with E-state index in [0.717, 1.165) is 23.0 Å². The van der Waals surface area contributed by atoms with E-state index in [9.17, 15) is 22.8 Å². The quantitative estimate of drug-likeness (QED) is 0.424. The smallest absolute Gasteiger partial charge is 0.337 e. The predicted octanol–water partition coefficient (Wildman–Crippen LogP) is 4.29. The number of halogens is 3. The number of aryl methyl sites for hydroxylation is 1. The highest BCUT2D eigenvalue weighted by molar-refractivity contribution is 6.04. The SMILES string of the molecule is CCN1C(=O)[C@H](NC(=O)c2nccc(C(F)(F)F)n2)[C@H](c2ccccc2)c2c(C)nn(-c3ccccc3)c21. The summed E-state index contributed by atoms with van der Waals surface area (Å²) in [7, 11) is 0. The maximum absolute atomic E-state index is 13.9. The van der Waals surface area contributed by atoms with E-state index >= 15 is 0 Å². The molecule has 0 saturated heterocycles. The van der Waals surface area contributed by atoms with Crippen LogP contribution in [0.5, 0.6) is 0 Å². The summed E-state index contributed by atoms with van der Waals surface area (Å²) in [5, 5.41) is 7.38. The fourth-order valence-electron chi connectivity index (χ4n) is 4.78. The lowest BCUT2D eigenvalue weighted by atomic mass is 9.81. The summed E-state index contributed by atoms with van der Waals surface area (Å²) in [5.41, 5.74) is 1.64. The Morgan fingerprint density at radius 3 is 2.32 bits per heavy atom. The largest absolute Gasteiger partial charge is 0.433 e. The number of likely N-dealkylation sites (N-methyl/N-ethyl adjacent to an activating group) is 1. The van der Waals surface area contributed by atoms with E-state index in [4.69, 9.17) is 5.10 Å². The molecule has 4 aromatic rings. The minimum Gasteiger partial charge on any atom is -0.337 e. The Bertz CT molecular complexity index is 1490. The molecule has 0 fully saturated rings. The molecule has 0 aliphatic carbocycles. The topological polar surface area (TPSA) is 93.0 Å². The summed E-state index contributed by atoms with van der Waals surface area (Å²) in [4.78, 5) is 35.7. The molecule has 0 bridgehead atoms. The number of rotatable bonds is 5. The molecule has 2 amide bonds. The number of hydrogen-bond acceptors (Lipinski definition) is 5. The van der Waals surface area contributed by atoms with E-state index in [1.165, 1.54) is 4.90 Å². The fraction of sp³-hybridized carbons (Fsp3) is 0.222. The van der Waals surface area contributed by atoms with Crippen LogP contribution in [0.4, 0.5) is 19.0 Å². The summed E-state index contributed by atoms with van der Waals surface area (Å²) >= 11 is 0. The first kappa shape index (κ1) is 25.1. The molecule has 1 N–H and O–H groups in total. The molecular formula is C27H23F3N6O2. The van der Waals surface area contributed by atoms with Crippen LogP contribution < -0.4 is 10.2 Å². The van der Waals surface area contributed by atoms with Crippen LogP contribution in [0.1, 0.15) is 46.0 Å². The highest BCUT2D eigenvalue weighted by Gasteiger charge is 2.45. The van der Waals surface area contributed by atoms with Gasteiger partial charge in [0.05, 0.1) is 11.4 Å². The summed E-state index contributed by atoms with van der Waals surface area (Å²) < 4.78 is 41.3. The molecule has 194 valence electrons. The Kier molecular flexibility index (Phi) is 6.43. The fourth-order valence-corrected chi connectivity index (χ4v) is 4.78. The molecule has 2 aromatic carbocycles. The third-order valence-corrected chi connectivity index (χ3v) is 6.42. The Morgan fingerprint density at radius 2 is 1.68 bits per heavy atom. The minimum atomic E-state index is -4.75. The number of anilines is 1. The Balaban J connectivity index is 1.64. The van der Waals surface area contributed by atoms with Gasteiger partial charge in [-0.3, -0.25) is 14.5 Å². The molecule has 1 aliphatic rings. The maximum atomic E-state index is 13.9. The average Bonchev–Trinajstić information content (AvgIpc) is 3.26. The van der Waals surface area contributed by atoms with Crippen molar-refractivity contribution in [3.05, 3.63) is 101 Å². The van der Waals surface area contributed by atoms with Crippen molar-refractivity contribution in [3.8, 4) is 5.69 Å². The predicted molar refractivity (Wildman–Crippen MR) is 133 cm³/mol. The zero-order valence-electron chi connectivity index (χ0n) is 20.5. The van der Waals surface area contributed by atoms with Crippen molar-refractivity contribution >= 4 is 17.6 Å². The number of hydrogen-bond donors (Lipinski definition) is 1. The highest BCUT2D eigenvalue weighted by atomic mass is 19.4. The molecule has 2 aromatic heterocycles. The molecule has 0 unspecified atom stereocenters. The summed E-state index contributed by atoms with van der Waals surface area (Å²) in [6.45, 7) is 3.90. The van der Waals surface area contributed by atoms with Crippen LogP contribution in [-0.2, 0) is 11.0 Å². The van der Waals surface area contributed by atoms with Crippen molar-refractivity contribution in [1.29, 1.82) is 0 Å². The standard InChI is InChI=1S/C27H23F3N6O2/c1-3-35-25-20(16(2)34-36(25)18-12-8-5-9-13-18)21(17-10-6-4-7-11-17)22(26(35)38)33-24(37)23-31-15-14-19(32-23)27(28,29)30/h4-15,21-22H,3H2,1-2H3,(H,33,37)/t21-,22-/m1/s1. The second-order valence-electron chi connectivity index (χ2n) is 8.76. The number of benzene rings is 2. The first-order valence-corrected chi connectivity index (χ1v) is 11.9. The highest BCUT2D eigenvalue weighted by Crippen LogP contribution is 2.43. The third-order valence-electron chi connectivity index (χ3n) is 6.42. The van der Waals surface area contributed by atoms with Gasteiger partial charge in [0.25, 0.3) is 11.8 Å². The zero-order valence-corrected chi connectivity index (χ0v) is 20.5. The molecule has 2 atom stereocenters. The van der Waals surface area contributed by atoms with E-state index in [-0.39, 0.29) is 6.54 Å². The summed E-state index contributed by atoms with van der Waals surface area (Å²) in [5.74, 6) is -2.16. The molecule has 1 aliphatic heterocycles. The van der Waals surface area contributed by atoms with Crippen molar-refractivity contribution in [1.82, 2.24) is 25.1 Å². The number of alkyl halides is 3. The number of fused-ring (bicyclic) bond motifs is 1. The normalized spacial score (nSPS) is 17.3. The molecule has 38 heavy (non-hydrogen) atoms. The lowest BCUT2D eigenvalue weighted by Gasteiger charge is -2.38. The van der Waals surface area contributed by atoms with Gasteiger partial charge in [0.1, 0.15) is 17.6 Å². The van der Waals surface area contributed by atoms with E-state index in [2.05, 4.69) is 15.3 Å². The number of para-hydroxylation sites is 1. The number of amides is 2. The monoisotopic (exact) mass is 520 g/mol. The first-order valence-electron chi connectivity index (χ1n) is 11.9. The first-order chi connectivity index (χ1) is 18.2. The number of aromatic nitrogens is 4. The Hall–Kier alpha value is -4.54. The van der Waals surface area contributed by atoms with Gasteiger partial charge in [0.15, 0.2) is 0 Å². The number of carbonyl (C=O) groups excluding carboxylic acids is 2. The lowest BCUT2D eigenvalue weighted by molar-refractivity contribution is -0.141. The molecule has 11 heteroatoms. The van der Waals surface area contributed by atoms with Gasteiger partial charge in [-0.05, 0) is 37.6 Å². The number of nitrogens with one attached hydrogen (secondary N) is 1. The van der Waals surface area contributed by atoms with Crippen LogP contribution in [0.25, 0.3) is 5.69 Å². The van der Waals surface area contributed by atoms with Crippen LogP contribution in [-0.4, -0.2) is 44.1 Å². The zero-order chi connectivity index (χ0) is 27.0. The molecular weight excluding hydrogens is 497 g/mol. The molecule has 0 radical (unpaired) electrons. The van der Waals surface area contributed by atoms with Crippen molar-refractivity contribution in [3.63, 3.8) is 0 Å². The third kappa shape index (κ3) is 4.40. The summed E-state index contributed by atoms with van der Waals surface area (Å²) in [6, 6.07) is 18.0. The van der Waals surface area contributed by atoms with Gasteiger partial charge in [-0.1, -0.05) is 48.5 Å². The van der Waals surface area contributed by atoms with Crippen molar-refractivity contribution in [2.75, 3.05) is 11.4 Å². The molecule has 0 saturated carbocycles. The van der Waals surface area contributed by atoms with Crippen LogP contribution in [0.15, 0.2) is 72.9 Å². The van der Waals surface area contributed by atoms with E-state index in [0.29, 0.717) is 17.6 Å². The van der Waals surface area contributed by atoms with Gasteiger partial charge in [-0.25, -0.2) is 14.6 Å². The number of carbonyl (C=O) groups is 2. The molecule has 8 nitrogen and oxygen atoms in total. The van der Waals surface area contributed by atoms with Crippen molar-refractivity contribution < 1.29 is 22.8 Å². The molecule has 5 rings (SSSR count). The van der Waals surface area contributed by atoms with Gasteiger partial charge in [-0.2, -0.15) is 18.3 Å². The van der Waals surface area contributed by atoms with Gasteiger partial charge < -0.3 is 5.32 Å². The Morgan fingerprint density at radius 1 is 1.03 bits per heavy atom. The van der Waals surface area contributed by atoms with Crippen LogP contribution >= 0.6 is 0 Å². The van der Waals surface area contributed by atoms with Crippen LogP contribution in [0.2, 0.25) is 0 Å². The van der Waals surface area contributed by atoms with Gasteiger partial charge >= 0.3 is 6.18 Å². The van der Waals surface area contributed by atoms with Crippen molar-refractivity contribution in [2.45, 2.75) is 32.0 Å². The van der Waals surface area contributed by atoms with Gasteiger partial charge in [0.2, 0.25) is 5.82 Å². The van der Waals surface area contributed by atoms with Crippen LogP contribution in [0, 0.1) is 6.92 Å². The van der Waals surface area contributed by atoms with Gasteiger partial charge in [-0.15, -0.1) is 0 Å².